The minimum Gasteiger partial charge on any atom is -0.444 e. The van der Waals surface area contributed by atoms with Crippen LogP contribution in [-0.2, 0) is 4.74 Å². The maximum absolute atomic E-state index is 14.0. The summed E-state index contributed by atoms with van der Waals surface area (Å²) in [5, 5.41) is 12.2. The van der Waals surface area contributed by atoms with Gasteiger partial charge in [-0.3, -0.25) is 4.79 Å². The van der Waals surface area contributed by atoms with E-state index in [-0.39, 0.29) is 11.3 Å². The lowest BCUT2D eigenvalue weighted by Gasteiger charge is -2.37. The SMILES string of the molecule is CC(C)(C)OC(=O)N1CCN(c2cccc(NC(=O)c3cccc(F)c3F)c2C#N)CC1. The fraction of sp³-hybridized carbons (Fsp3) is 0.348. The van der Waals surface area contributed by atoms with Crippen molar-refractivity contribution in [2.45, 2.75) is 26.4 Å². The maximum Gasteiger partial charge on any atom is 0.410 e. The maximum atomic E-state index is 14.0. The largest absolute Gasteiger partial charge is 0.444 e. The number of carbonyl (C=O) groups excluding carboxylic acids is 2. The fourth-order valence-corrected chi connectivity index (χ4v) is 3.35. The standard InChI is InChI=1S/C23H24F2N4O3/c1-23(2,3)32-22(31)29-12-10-28(11-13-29)19-9-5-8-18(16(19)14-26)27-21(30)15-6-4-7-17(24)20(15)25/h4-9H,10-13H2,1-3H3,(H,27,30). The molecule has 0 bridgehead atoms. The van der Waals surface area contributed by atoms with Crippen LogP contribution < -0.4 is 10.2 Å². The minimum absolute atomic E-state index is 0.188. The van der Waals surface area contributed by atoms with E-state index in [0.29, 0.717) is 31.9 Å². The fourth-order valence-electron chi connectivity index (χ4n) is 3.35. The molecule has 0 saturated carbocycles. The number of nitrogens with one attached hydrogen (secondary N) is 1. The average Bonchev–Trinajstić information content (AvgIpc) is 2.74. The van der Waals surface area contributed by atoms with Crippen LogP contribution in [0, 0.1) is 23.0 Å². The lowest BCUT2D eigenvalue weighted by atomic mass is 10.1. The lowest BCUT2D eigenvalue weighted by molar-refractivity contribution is 0.0240. The molecule has 0 unspecified atom stereocenters. The summed E-state index contributed by atoms with van der Waals surface area (Å²) < 4.78 is 32.8. The molecule has 0 aromatic heterocycles. The van der Waals surface area contributed by atoms with Crippen LogP contribution in [0.5, 0.6) is 0 Å². The third kappa shape index (κ3) is 5.14. The first kappa shape index (κ1) is 23.0. The van der Waals surface area contributed by atoms with Crippen molar-refractivity contribution in [1.82, 2.24) is 4.90 Å². The van der Waals surface area contributed by atoms with Crippen molar-refractivity contribution in [3.63, 3.8) is 0 Å². The van der Waals surface area contributed by atoms with Gasteiger partial charge in [0, 0.05) is 26.2 Å². The van der Waals surface area contributed by atoms with E-state index in [9.17, 15) is 23.6 Å². The number of nitriles is 1. The summed E-state index contributed by atoms with van der Waals surface area (Å²) in [6, 6.07) is 10.3. The number of hydrogen-bond donors (Lipinski definition) is 1. The van der Waals surface area contributed by atoms with Gasteiger partial charge in [-0.05, 0) is 45.0 Å². The predicted molar refractivity (Wildman–Crippen MR) is 115 cm³/mol. The second kappa shape index (κ2) is 9.22. The van der Waals surface area contributed by atoms with Gasteiger partial charge < -0.3 is 19.9 Å². The van der Waals surface area contributed by atoms with Gasteiger partial charge in [0.05, 0.1) is 22.5 Å². The summed E-state index contributed by atoms with van der Waals surface area (Å²) in [5.74, 6) is -3.24. The Morgan fingerprint density at radius 2 is 1.72 bits per heavy atom. The van der Waals surface area contributed by atoms with E-state index in [1.807, 2.05) is 4.90 Å². The molecular weight excluding hydrogens is 418 g/mol. The van der Waals surface area contributed by atoms with Crippen LogP contribution in [0.1, 0.15) is 36.7 Å². The summed E-state index contributed by atoms with van der Waals surface area (Å²) in [5.41, 5.74) is -0.0775. The number of nitrogens with zero attached hydrogens (tertiary/aromatic N) is 3. The third-order valence-electron chi connectivity index (χ3n) is 4.87. The molecule has 1 heterocycles. The van der Waals surface area contributed by atoms with Gasteiger partial charge >= 0.3 is 6.09 Å². The van der Waals surface area contributed by atoms with Crippen LogP contribution in [-0.4, -0.2) is 48.7 Å². The highest BCUT2D eigenvalue weighted by molar-refractivity contribution is 6.05. The zero-order chi connectivity index (χ0) is 23.5. The summed E-state index contributed by atoms with van der Waals surface area (Å²) >= 11 is 0. The molecule has 0 atom stereocenters. The van der Waals surface area contributed by atoms with Crippen molar-refractivity contribution in [2.75, 3.05) is 36.4 Å². The Kier molecular flexibility index (Phi) is 6.63. The molecule has 7 nitrogen and oxygen atoms in total. The highest BCUT2D eigenvalue weighted by atomic mass is 19.2. The van der Waals surface area contributed by atoms with Crippen LogP contribution in [0.15, 0.2) is 36.4 Å². The first-order valence-electron chi connectivity index (χ1n) is 10.1. The summed E-state index contributed by atoms with van der Waals surface area (Å²) in [7, 11) is 0. The Morgan fingerprint density at radius 3 is 2.34 bits per heavy atom. The lowest BCUT2D eigenvalue weighted by Crippen LogP contribution is -2.50. The second-order valence-electron chi connectivity index (χ2n) is 8.32. The molecule has 2 amide bonds. The number of anilines is 2. The number of ether oxygens (including phenoxy) is 1. The van der Waals surface area contributed by atoms with Gasteiger partial charge in [-0.25, -0.2) is 13.6 Å². The monoisotopic (exact) mass is 442 g/mol. The third-order valence-corrected chi connectivity index (χ3v) is 4.87. The summed E-state index contributed by atoms with van der Waals surface area (Å²) in [6.07, 6.45) is -0.393. The molecule has 1 N–H and O–H groups in total. The first-order chi connectivity index (χ1) is 15.1. The molecule has 0 aliphatic carbocycles. The van der Waals surface area contributed by atoms with Crippen LogP contribution >= 0.6 is 0 Å². The number of rotatable bonds is 3. The Hall–Kier alpha value is -3.67. The molecule has 1 saturated heterocycles. The van der Waals surface area contributed by atoms with Crippen LogP contribution in [0.2, 0.25) is 0 Å². The topological polar surface area (TPSA) is 85.7 Å². The minimum atomic E-state index is -1.25. The molecule has 1 aliphatic rings. The van der Waals surface area contributed by atoms with Crippen molar-refractivity contribution in [3.05, 3.63) is 59.2 Å². The molecule has 2 aromatic carbocycles. The number of halogens is 2. The number of hydrogen-bond acceptors (Lipinski definition) is 5. The zero-order valence-electron chi connectivity index (χ0n) is 18.1. The summed E-state index contributed by atoms with van der Waals surface area (Å²) in [6.45, 7) is 7.14. The molecule has 1 aliphatic heterocycles. The Labute approximate surface area is 185 Å². The molecule has 168 valence electrons. The van der Waals surface area contributed by atoms with Crippen molar-refractivity contribution >= 4 is 23.4 Å². The van der Waals surface area contributed by atoms with E-state index < -0.39 is 34.8 Å². The van der Waals surface area contributed by atoms with E-state index in [1.54, 1.807) is 37.8 Å². The number of benzene rings is 2. The molecule has 2 aromatic rings. The molecule has 0 spiro atoms. The highest BCUT2D eigenvalue weighted by Gasteiger charge is 2.27. The normalized spacial score (nSPS) is 14.0. The van der Waals surface area contributed by atoms with E-state index in [4.69, 9.17) is 4.74 Å². The van der Waals surface area contributed by atoms with Crippen molar-refractivity contribution in [2.24, 2.45) is 0 Å². The van der Waals surface area contributed by atoms with Gasteiger partial charge in [0.15, 0.2) is 11.6 Å². The molecule has 0 radical (unpaired) electrons. The van der Waals surface area contributed by atoms with Crippen molar-refractivity contribution in [3.8, 4) is 6.07 Å². The Balaban J connectivity index is 1.75. The average molecular weight is 442 g/mol. The quantitative estimate of drug-likeness (QED) is 0.772. The molecule has 1 fully saturated rings. The first-order valence-corrected chi connectivity index (χ1v) is 10.1. The van der Waals surface area contributed by atoms with Gasteiger partial charge in [-0.15, -0.1) is 0 Å². The van der Waals surface area contributed by atoms with Gasteiger partial charge in [0.2, 0.25) is 0 Å². The van der Waals surface area contributed by atoms with Crippen LogP contribution in [0.25, 0.3) is 0 Å². The molecule has 9 heteroatoms. The van der Waals surface area contributed by atoms with Gasteiger partial charge in [0.25, 0.3) is 5.91 Å². The Bertz CT molecular complexity index is 1070. The van der Waals surface area contributed by atoms with Crippen molar-refractivity contribution < 1.29 is 23.1 Å². The number of amides is 2. The van der Waals surface area contributed by atoms with E-state index in [0.717, 1.165) is 6.07 Å². The Morgan fingerprint density at radius 1 is 1.06 bits per heavy atom. The van der Waals surface area contributed by atoms with Gasteiger partial charge in [0.1, 0.15) is 11.7 Å². The zero-order valence-corrected chi connectivity index (χ0v) is 18.1. The number of carbonyl (C=O) groups is 2. The molecule has 3 rings (SSSR count). The van der Waals surface area contributed by atoms with Crippen molar-refractivity contribution in [1.29, 1.82) is 5.26 Å². The van der Waals surface area contributed by atoms with E-state index >= 15 is 0 Å². The van der Waals surface area contributed by atoms with Gasteiger partial charge in [-0.1, -0.05) is 12.1 Å². The smallest absolute Gasteiger partial charge is 0.410 e. The second-order valence-corrected chi connectivity index (χ2v) is 8.32. The highest BCUT2D eigenvalue weighted by Crippen LogP contribution is 2.29. The van der Waals surface area contributed by atoms with E-state index in [1.165, 1.54) is 18.2 Å². The van der Waals surface area contributed by atoms with Crippen LogP contribution in [0.3, 0.4) is 0 Å². The van der Waals surface area contributed by atoms with Gasteiger partial charge in [-0.2, -0.15) is 5.26 Å². The molecule has 32 heavy (non-hydrogen) atoms. The van der Waals surface area contributed by atoms with E-state index in [2.05, 4.69) is 11.4 Å². The summed E-state index contributed by atoms with van der Waals surface area (Å²) in [4.78, 5) is 28.3. The predicted octanol–water partition coefficient (Wildman–Crippen LogP) is 4.15. The van der Waals surface area contributed by atoms with Crippen LogP contribution in [0.4, 0.5) is 25.0 Å². The number of piperazine rings is 1. The molecular formula is C23H24F2N4O3.